The fourth-order valence-corrected chi connectivity index (χ4v) is 2.81. The van der Waals surface area contributed by atoms with Gasteiger partial charge in [-0.3, -0.25) is 4.79 Å². The van der Waals surface area contributed by atoms with Crippen molar-refractivity contribution in [1.82, 2.24) is 5.32 Å². The minimum atomic E-state index is -1.01. The van der Waals surface area contributed by atoms with Crippen LogP contribution in [-0.4, -0.2) is 31.1 Å². The molecule has 0 aromatic heterocycles. The number of carbonyl (C=O) groups excluding carboxylic acids is 3. The molecule has 2 aromatic rings. The number of anilines is 1. The van der Waals surface area contributed by atoms with Crippen LogP contribution >= 0.6 is 11.6 Å². The van der Waals surface area contributed by atoms with Gasteiger partial charge in [-0.1, -0.05) is 48.9 Å². The lowest BCUT2D eigenvalue weighted by Crippen LogP contribution is -2.49. The maximum atomic E-state index is 13.9. The Morgan fingerprint density at radius 3 is 2.39 bits per heavy atom. The lowest BCUT2D eigenvalue weighted by molar-refractivity contribution is -0.120. The van der Waals surface area contributed by atoms with Gasteiger partial charge >= 0.3 is 12.0 Å². The zero-order valence-electron chi connectivity index (χ0n) is 15.2. The lowest BCUT2D eigenvalue weighted by Gasteiger charge is -2.23. The van der Waals surface area contributed by atoms with Gasteiger partial charge in [-0.2, -0.15) is 0 Å². The second-order valence-electron chi connectivity index (χ2n) is 5.99. The number of carbonyl (C=O) groups is 3. The molecule has 0 fully saturated rings. The SMILES string of the molecule is COC(=O)c1cc(NC(=O)NC(C(N)=O)C(C)c2ccccc2)cc(F)c1Cl. The first-order valence-electron chi connectivity index (χ1n) is 8.23. The summed E-state index contributed by atoms with van der Waals surface area (Å²) >= 11 is 5.75. The fraction of sp³-hybridized carbons (Fsp3) is 0.211. The molecule has 2 atom stereocenters. The van der Waals surface area contributed by atoms with Crippen molar-refractivity contribution in [2.24, 2.45) is 5.73 Å². The van der Waals surface area contributed by atoms with Crippen molar-refractivity contribution in [1.29, 1.82) is 0 Å². The quantitative estimate of drug-likeness (QED) is 0.639. The Labute approximate surface area is 166 Å². The van der Waals surface area contributed by atoms with Crippen molar-refractivity contribution in [3.05, 3.63) is 64.4 Å². The van der Waals surface area contributed by atoms with E-state index in [0.29, 0.717) is 0 Å². The summed E-state index contributed by atoms with van der Waals surface area (Å²) in [6.45, 7) is 1.74. The Balaban J connectivity index is 2.18. The zero-order chi connectivity index (χ0) is 20.8. The number of primary amides is 1. The van der Waals surface area contributed by atoms with Crippen molar-refractivity contribution in [2.45, 2.75) is 18.9 Å². The summed E-state index contributed by atoms with van der Waals surface area (Å²) < 4.78 is 18.5. The van der Waals surface area contributed by atoms with E-state index < -0.39 is 40.7 Å². The van der Waals surface area contributed by atoms with Crippen LogP contribution in [0.5, 0.6) is 0 Å². The number of benzene rings is 2. The molecule has 0 radical (unpaired) electrons. The lowest BCUT2D eigenvalue weighted by atomic mass is 9.93. The van der Waals surface area contributed by atoms with Gasteiger partial charge in [0.25, 0.3) is 0 Å². The van der Waals surface area contributed by atoms with Gasteiger partial charge in [0.15, 0.2) is 0 Å². The number of rotatable bonds is 6. The summed E-state index contributed by atoms with van der Waals surface area (Å²) in [6.07, 6.45) is 0. The summed E-state index contributed by atoms with van der Waals surface area (Å²) in [4.78, 5) is 35.8. The van der Waals surface area contributed by atoms with Crippen molar-refractivity contribution < 1.29 is 23.5 Å². The molecule has 2 aromatic carbocycles. The molecule has 28 heavy (non-hydrogen) atoms. The van der Waals surface area contributed by atoms with E-state index in [9.17, 15) is 18.8 Å². The summed E-state index contributed by atoms with van der Waals surface area (Å²) in [6, 6.07) is 9.32. The first kappa shape index (κ1) is 21.2. The third-order valence-electron chi connectivity index (χ3n) is 4.11. The van der Waals surface area contributed by atoms with Gasteiger partial charge in [-0.25, -0.2) is 14.0 Å². The van der Waals surface area contributed by atoms with Crippen LogP contribution < -0.4 is 16.4 Å². The van der Waals surface area contributed by atoms with Crippen LogP contribution in [-0.2, 0) is 9.53 Å². The molecule has 0 saturated heterocycles. The minimum absolute atomic E-state index is 0.0459. The Bertz CT molecular complexity index is 892. The van der Waals surface area contributed by atoms with E-state index in [1.54, 1.807) is 31.2 Å². The number of nitrogens with two attached hydrogens (primary N) is 1. The number of hydrogen-bond acceptors (Lipinski definition) is 4. The highest BCUT2D eigenvalue weighted by atomic mass is 35.5. The van der Waals surface area contributed by atoms with Crippen LogP contribution in [0.1, 0.15) is 28.8 Å². The fourth-order valence-electron chi connectivity index (χ4n) is 2.62. The normalized spacial score (nSPS) is 12.6. The average molecular weight is 408 g/mol. The first-order chi connectivity index (χ1) is 13.2. The number of urea groups is 1. The van der Waals surface area contributed by atoms with Crippen molar-refractivity contribution in [3.8, 4) is 0 Å². The van der Waals surface area contributed by atoms with Gasteiger partial charge in [0, 0.05) is 11.6 Å². The largest absolute Gasteiger partial charge is 0.465 e. The summed E-state index contributed by atoms with van der Waals surface area (Å²) in [5.74, 6) is -2.91. The van der Waals surface area contributed by atoms with Crippen LogP contribution in [0.25, 0.3) is 0 Å². The second-order valence-corrected chi connectivity index (χ2v) is 6.37. The van der Waals surface area contributed by atoms with Crippen molar-refractivity contribution in [2.75, 3.05) is 12.4 Å². The number of amides is 3. The highest BCUT2D eigenvalue weighted by Gasteiger charge is 2.26. The van der Waals surface area contributed by atoms with Crippen LogP contribution in [0.3, 0.4) is 0 Å². The zero-order valence-corrected chi connectivity index (χ0v) is 15.9. The summed E-state index contributed by atoms with van der Waals surface area (Å²) in [7, 11) is 1.12. The molecule has 148 valence electrons. The van der Waals surface area contributed by atoms with Gasteiger partial charge in [-0.15, -0.1) is 0 Å². The Morgan fingerprint density at radius 1 is 1.18 bits per heavy atom. The molecule has 0 aliphatic heterocycles. The number of nitrogens with one attached hydrogen (secondary N) is 2. The molecular formula is C19H19ClFN3O4. The van der Waals surface area contributed by atoms with E-state index in [4.69, 9.17) is 17.3 Å². The number of halogens is 2. The monoisotopic (exact) mass is 407 g/mol. The average Bonchev–Trinajstić information content (AvgIpc) is 2.68. The molecule has 0 bridgehead atoms. The second kappa shape index (κ2) is 9.18. The van der Waals surface area contributed by atoms with Crippen LogP contribution in [0, 0.1) is 5.82 Å². The molecule has 0 saturated carbocycles. The molecular weight excluding hydrogens is 389 g/mol. The molecule has 0 spiro atoms. The molecule has 9 heteroatoms. The predicted molar refractivity (Wildman–Crippen MR) is 103 cm³/mol. The van der Waals surface area contributed by atoms with Crippen LogP contribution in [0.4, 0.5) is 14.9 Å². The smallest absolute Gasteiger partial charge is 0.339 e. The van der Waals surface area contributed by atoms with Crippen molar-refractivity contribution in [3.63, 3.8) is 0 Å². The van der Waals surface area contributed by atoms with Gasteiger partial charge in [-0.05, 0) is 17.7 Å². The molecule has 4 N–H and O–H groups in total. The Morgan fingerprint density at radius 2 is 1.82 bits per heavy atom. The number of hydrogen-bond donors (Lipinski definition) is 3. The first-order valence-corrected chi connectivity index (χ1v) is 8.61. The van der Waals surface area contributed by atoms with E-state index in [-0.39, 0.29) is 11.3 Å². The Kier molecular flexibility index (Phi) is 6.94. The molecule has 0 aliphatic rings. The van der Waals surface area contributed by atoms with Gasteiger partial charge in [0.1, 0.15) is 11.9 Å². The van der Waals surface area contributed by atoms with E-state index in [0.717, 1.165) is 24.8 Å². The maximum Gasteiger partial charge on any atom is 0.339 e. The number of methoxy groups -OCH3 is 1. The molecule has 2 rings (SSSR count). The molecule has 0 heterocycles. The predicted octanol–water partition coefficient (Wildman–Crippen LogP) is 3.04. The molecule has 2 unspecified atom stereocenters. The van der Waals surface area contributed by atoms with E-state index in [1.807, 2.05) is 6.07 Å². The number of esters is 1. The topological polar surface area (TPSA) is 111 Å². The number of ether oxygens (including phenoxy) is 1. The van der Waals surface area contributed by atoms with Crippen LogP contribution in [0.2, 0.25) is 5.02 Å². The van der Waals surface area contributed by atoms with Gasteiger partial charge < -0.3 is 21.1 Å². The van der Waals surface area contributed by atoms with E-state index in [1.165, 1.54) is 0 Å². The Hall–Kier alpha value is -3.13. The standard InChI is InChI=1S/C19H19ClFN3O4/c1-10(11-6-4-3-5-7-11)16(17(22)25)24-19(27)23-12-8-13(18(26)28-2)15(20)14(21)9-12/h3-10,16H,1-2H3,(H2,22,25)(H2,23,24,27). The third kappa shape index (κ3) is 4.98. The highest BCUT2D eigenvalue weighted by Crippen LogP contribution is 2.25. The van der Waals surface area contributed by atoms with Crippen LogP contribution in [0.15, 0.2) is 42.5 Å². The summed E-state index contributed by atoms with van der Waals surface area (Å²) in [5, 5.41) is 4.40. The molecule has 0 aliphatic carbocycles. The molecule has 7 nitrogen and oxygen atoms in total. The van der Waals surface area contributed by atoms with Gasteiger partial charge in [0.05, 0.1) is 17.7 Å². The van der Waals surface area contributed by atoms with E-state index in [2.05, 4.69) is 15.4 Å². The van der Waals surface area contributed by atoms with Crippen molar-refractivity contribution >= 4 is 35.2 Å². The summed E-state index contributed by atoms with van der Waals surface area (Å²) in [5.41, 5.74) is 5.93. The third-order valence-corrected chi connectivity index (χ3v) is 4.49. The van der Waals surface area contributed by atoms with Gasteiger partial charge in [0.2, 0.25) is 5.91 Å². The van der Waals surface area contributed by atoms with E-state index >= 15 is 0 Å². The maximum absolute atomic E-state index is 13.9. The highest BCUT2D eigenvalue weighted by molar-refractivity contribution is 6.33. The molecule has 3 amide bonds. The minimum Gasteiger partial charge on any atom is -0.465 e.